The molecule has 0 aromatic heterocycles. The van der Waals surface area contributed by atoms with E-state index in [0.29, 0.717) is 12.2 Å². The molecule has 2 aliphatic heterocycles. The molecule has 2 aromatic carbocycles. The normalized spacial score (nSPS) is 22.0. The molecule has 2 aliphatic rings. The lowest BCUT2D eigenvalue weighted by atomic mass is 9.95. The van der Waals surface area contributed by atoms with Crippen LogP contribution in [0.4, 0.5) is 11.4 Å². The Morgan fingerprint density at radius 1 is 1.08 bits per heavy atom. The summed E-state index contributed by atoms with van der Waals surface area (Å²) in [5, 5.41) is 12.6. The van der Waals surface area contributed by atoms with Crippen LogP contribution in [-0.2, 0) is 16.4 Å². The summed E-state index contributed by atoms with van der Waals surface area (Å²) in [6.07, 6.45) is 0.770. The van der Waals surface area contributed by atoms with Crippen LogP contribution in [-0.4, -0.2) is 30.6 Å². The fourth-order valence-corrected chi connectivity index (χ4v) is 5.32. The van der Waals surface area contributed by atoms with E-state index in [2.05, 4.69) is 0 Å². The molecule has 0 bridgehead atoms. The maximum Gasteiger partial charge on any atom is 0.269 e. The average molecular weight is 345 g/mol. The molecule has 0 aliphatic carbocycles. The number of non-ortho nitro benzene ring substituents is 1. The maximum atomic E-state index is 12.7. The number of hydrogen-bond acceptors (Lipinski definition) is 5. The van der Waals surface area contributed by atoms with Crippen molar-refractivity contribution in [3.8, 4) is 0 Å². The second-order valence-electron chi connectivity index (χ2n) is 5.92. The van der Waals surface area contributed by atoms with Crippen LogP contribution in [0.15, 0.2) is 48.5 Å². The van der Waals surface area contributed by atoms with Crippen molar-refractivity contribution in [2.24, 2.45) is 0 Å². The Hall–Kier alpha value is -2.45. The number of sulfonamides is 1. The highest BCUT2D eigenvalue weighted by Crippen LogP contribution is 2.41. The fraction of sp³-hybridized carbons (Fsp3) is 0.250. The monoisotopic (exact) mass is 345 g/mol. The second kappa shape index (κ2) is 5.29. The third-order valence-electron chi connectivity index (χ3n) is 4.53. The van der Waals surface area contributed by atoms with Gasteiger partial charge in [-0.2, -0.15) is 9.42 Å². The third kappa shape index (κ3) is 2.26. The summed E-state index contributed by atoms with van der Waals surface area (Å²) < 4.78 is 26.7. The van der Waals surface area contributed by atoms with Gasteiger partial charge < -0.3 is 0 Å². The molecule has 1 saturated heterocycles. The number of fused-ring (bicyclic) bond motifs is 3. The van der Waals surface area contributed by atoms with Crippen molar-refractivity contribution >= 4 is 21.4 Å². The van der Waals surface area contributed by atoms with E-state index in [1.165, 1.54) is 34.2 Å². The van der Waals surface area contributed by atoms with E-state index in [1.54, 1.807) is 0 Å². The molecule has 1 unspecified atom stereocenters. The van der Waals surface area contributed by atoms with Gasteiger partial charge in [0, 0.05) is 18.7 Å². The van der Waals surface area contributed by atoms with E-state index in [4.69, 9.17) is 0 Å². The average Bonchev–Trinajstić information content (AvgIpc) is 2.85. The van der Waals surface area contributed by atoms with Crippen LogP contribution in [0.2, 0.25) is 0 Å². The summed E-state index contributed by atoms with van der Waals surface area (Å²) in [5.74, 6) is 0.0149. The molecule has 124 valence electrons. The Kier molecular flexibility index (Phi) is 3.33. The van der Waals surface area contributed by atoms with Crippen LogP contribution >= 0.6 is 0 Å². The molecule has 8 heteroatoms. The zero-order chi connectivity index (χ0) is 16.9. The van der Waals surface area contributed by atoms with Gasteiger partial charge in [0.2, 0.25) is 0 Å². The Morgan fingerprint density at radius 3 is 2.50 bits per heavy atom. The summed E-state index contributed by atoms with van der Waals surface area (Å²) in [6, 6.07) is 13.3. The smallest absolute Gasteiger partial charge is 0.258 e. The van der Waals surface area contributed by atoms with Gasteiger partial charge in [-0.25, -0.2) is 8.42 Å². The number of hydrazine groups is 1. The molecule has 2 heterocycles. The highest BCUT2D eigenvalue weighted by molar-refractivity contribution is 7.93. The Bertz CT molecular complexity index is 911. The molecule has 7 nitrogen and oxygen atoms in total. The zero-order valence-electron chi connectivity index (χ0n) is 12.7. The van der Waals surface area contributed by atoms with Gasteiger partial charge in [-0.1, -0.05) is 24.3 Å². The molecule has 1 fully saturated rings. The first kappa shape index (κ1) is 15.1. The minimum atomic E-state index is -3.51. The first-order valence-electron chi connectivity index (χ1n) is 7.59. The van der Waals surface area contributed by atoms with Gasteiger partial charge in [-0.15, -0.1) is 0 Å². The molecule has 0 amide bonds. The maximum absolute atomic E-state index is 12.7. The van der Waals surface area contributed by atoms with Gasteiger partial charge in [0.1, 0.15) is 0 Å². The van der Waals surface area contributed by atoms with Gasteiger partial charge in [0.25, 0.3) is 15.7 Å². The number of benzene rings is 2. The Morgan fingerprint density at radius 2 is 1.79 bits per heavy atom. The van der Waals surface area contributed by atoms with Gasteiger partial charge in [-0.3, -0.25) is 10.1 Å². The van der Waals surface area contributed by atoms with Crippen molar-refractivity contribution < 1.29 is 13.3 Å². The predicted molar refractivity (Wildman–Crippen MR) is 89.0 cm³/mol. The molecule has 1 atom stereocenters. The van der Waals surface area contributed by atoms with Crippen LogP contribution in [0.5, 0.6) is 0 Å². The standard InChI is InChI=1S/C16H15N3O4S/c20-19(21)14-7-5-13(6-8-14)18-17-10-9-12-3-1-2-4-15(12)16(17)11-24(18,22)23/h1-8,16H,9-11H2. The van der Waals surface area contributed by atoms with E-state index in [1.807, 2.05) is 29.3 Å². The van der Waals surface area contributed by atoms with E-state index >= 15 is 0 Å². The fourth-order valence-electron chi connectivity index (χ4n) is 3.47. The molecule has 24 heavy (non-hydrogen) atoms. The molecule has 0 radical (unpaired) electrons. The van der Waals surface area contributed by atoms with Crippen LogP contribution in [0.3, 0.4) is 0 Å². The number of nitro groups is 1. The minimum Gasteiger partial charge on any atom is -0.258 e. The molecular formula is C16H15N3O4S. The highest BCUT2D eigenvalue weighted by Gasteiger charge is 2.46. The van der Waals surface area contributed by atoms with Crippen molar-refractivity contribution in [1.29, 1.82) is 0 Å². The predicted octanol–water partition coefficient (Wildman–Crippen LogP) is 2.26. The van der Waals surface area contributed by atoms with E-state index in [-0.39, 0.29) is 17.5 Å². The first-order valence-corrected chi connectivity index (χ1v) is 9.20. The quantitative estimate of drug-likeness (QED) is 0.616. The van der Waals surface area contributed by atoms with Gasteiger partial charge in [0.05, 0.1) is 22.4 Å². The van der Waals surface area contributed by atoms with Gasteiger partial charge in [0.15, 0.2) is 0 Å². The zero-order valence-corrected chi connectivity index (χ0v) is 13.5. The van der Waals surface area contributed by atoms with Gasteiger partial charge >= 0.3 is 0 Å². The third-order valence-corrected chi connectivity index (χ3v) is 6.22. The molecule has 0 spiro atoms. The van der Waals surface area contributed by atoms with Crippen LogP contribution in [0.1, 0.15) is 17.2 Å². The van der Waals surface area contributed by atoms with Crippen molar-refractivity contribution in [2.45, 2.75) is 12.5 Å². The number of nitro benzene ring substituents is 1. The Labute approximate surface area is 139 Å². The SMILES string of the molecule is O=[N+]([O-])c1ccc(N2N3CCc4ccccc4C3CS2(=O)=O)cc1. The van der Waals surface area contributed by atoms with Crippen LogP contribution in [0.25, 0.3) is 0 Å². The lowest BCUT2D eigenvalue weighted by Gasteiger charge is -2.35. The van der Waals surface area contributed by atoms with Crippen LogP contribution < -0.4 is 4.41 Å². The van der Waals surface area contributed by atoms with E-state index in [9.17, 15) is 18.5 Å². The second-order valence-corrected chi connectivity index (χ2v) is 7.77. The van der Waals surface area contributed by atoms with Crippen molar-refractivity contribution in [3.63, 3.8) is 0 Å². The summed E-state index contributed by atoms with van der Waals surface area (Å²) in [4.78, 5) is 10.3. The molecule has 0 N–H and O–H groups in total. The summed E-state index contributed by atoms with van der Waals surface area (Å²) in [5.41, 5.74) is 2.59. The Balaban J connectivity index is 1.75. The summed E-state index contributed by atoms with van der Waals surface area (Å²) >= 11 is 0. The van der Waals surface area contributed by atoms with Crippen molar-refractivity contribution in [1.82, 2.24) is 5.01 Å². The summed E-state index contributed by atoms with van der Waals surface area (Å²) in [7, 11) is -3.51. The lowest BCUT2D eigenvalue weighted by Crippen LogP contribution is -2.43. The minimum absolute atomic E-state index is 0.0149. The number of rotatable bonds is 2. The number of nitrogens with zero attached hydrogens (tertiary/aromatic N) is 3. The molecule has 4 rings (SSSR count). The van der Waals surface area contributed by atoms with Crippen molar-refractivity contribution in [2.75, 3.05) is 16.7 Å². The highest BCUT2D eigenvalue weighted by atomic mass is 32.2. The molecule has 0 saturated carbocycles. The van der Waals surface area contributed by atoms with Crippen LogP contribution in [0, 0.1) is 10.1 Å². The lowest BCUT2D eigenvalue weighted by molar-refractivity contribution is -0.384. The summed E-state index contributed by atoms with van der Waals surface area (Å²) in [6.45, 7) is 0.595. The molecular weight excluding hydrogens is 330 g/mol. The van der Waals surface area contributed by atoms with E-state index in [0.717, 1.165) is 12.0 Å². The molecule has 2 aromatic rings. The van der Waals surface area contributed by atoms with Crippen molar-refractivity contribution in [3.05, 3.63) is 69.8 Å². The van der Waals surface area contributed by atoms with E-state index < -0.39 is 14.9 Å². The number of hydrogen-bond donors (Lipinski definition) is 0. The van der Waals surface area contributed by atoms with Gasteiger partial charge in [-0.05, 0) is 29.7 Å². The number of anilines is 1. The topological polar surface area (TPSA) is 83.8 Å². The first-order chi connectivity index (χ1) is 11.5. The largest absolute Gasteiger partial charge is 0.269 e.